The van der Waals surface area contributed by atoms with E-state index in [1.54, 1.807) is 23.3 Å². The molecule has 4 heterocycles. The molecule has 0 aliphatic carbocycles. The van der Waals surface area contributed by atoms with Crippen LogP contribution >= 0.6 is 0 Å². The Hall–Kier alpha value is -3.82. The molecule has 5 aromatic rings. The van der Waals surface area contributed by atoms with Gasteiger partial charge in [-0.3, -0.25) is 9.78 Å². The van der Waals surface area contributed by atoms with Gasteiger partial charge in [0.2, 0.25) is 5.95 Å². The Kier molecular flexibility index (Phi) is 3.14. The van der Waals surface area contributed by atoms with Crippen molar-refractivity contribution in [2.45, 2.75) is 13.5 Å². The number of aryl methyl sites for hydroxylation is 1. The van der Waals surface area contributed by atoms with E-state index in [0.29, 0.717) is 17.1 Å². The third kappa shape index (κ3) is 2.35. The molecular weight excluding hydrogens is 332 g/mol. The Morgan fingerprint density at radius 2 is 2.15 bits per heavy atom. The highest BCUT2D eigenvalue weighted by Crippen LogP contribution is 2.20. The summed E-state index contributed by atoms with van der Waals surface area (Å²) >= 11 is 0. The summed E-state index contributed by atoms with van der Waals surface area (Å²) in [6, 6.07) is 5.87. The van der Waals surface area contributed by atoms with E-state index in [0.717, 1.165) is 28.8 Å². The van der Waals surface area contributed by atoms with Crippen molar-refractivity contribution in [1.82, 2.24) is 44.9 Å². The average molecular weight is 346 g/mol. The molecule has 0 amide bonds. The summed E-state index contributed by atoms with van der Waals surface area (Å²) in [5, 5.41) is 23.7. The minimum atomic E-state index is 0.459. The van der Waals surface area contributed by atoms with Gasteiger partial charge in [0.25, 0.3) is 0 Å². The van der Waals surface area contributed by atoms with Gasteiger partial charge in [-0.25, -0.2) is 4.98 Å². The molecule has 10 heteroatoms. The highest BCUT2D eigenvalue weighted by atomic mass is 15.4. The van der Waals surface area contributed by atoms with Crippen molar-refractivity contribution in [3.63, 3.8) is 0 Å². The Morgan fingerprint density at radius 1 is 1.19 bits per heavy atom. The van der Waals surface area contributed by atoms with E-state index in [9.17, 15) is 0 Å². The van der Waals surface area contributed by atoms with E-state index in [1.165, 1.54) is 0 Å². The van der Waals surface area contributed by atoms with Crippen LogP contribution in [-0.4, -0.2) is 44.9 Å². The van der Waals surface area contributed by atoms with Crippen LogP contribution < -0.4 is 5.32 Å². The second kappa shape index (κ2) is 5.62. The largest absolute Gasteiger partial charge is 0.321 e. The zero-order valence-electron chi connectivity index (χ0n) is 13.8. The molecule has 0 saturated heterocycles. The topological polar surface area (TPSA) is 115 Å². The van der Waals surface area contributed by atoms with Gasteiger partial charge in [0, 0.05) is 18.1 Å². The van der Waals surface area contributed by atoms with Gasteiger partial charge in [0.1, 0.15) is 0 Å². The minimum Gasteiger partial charge on any atom is -0.321 e. The molecule has 0 aliphatic rings. The zero-order chi connectivity index (χ0) is 17.5. The van der Waals surface area contributed by atoms with Crippen molar-refractivity contribution < 1.29 is 0 Å². The number of aromatic amines is 1. The Labute approximate surface area is 146 Å². The highest BCUT2D eigenvalue weighted by molar-refractivity contribution is 5.81. The van der Waals surface area contributed by atoms with Crippen LogP contribution in [0.25, 0.3) is 27.8 Å². The summed E-state index contributed by atoms with van der Waals surface area (Å²) in [6.45, 7) is 2.83. The first-order valence-electron chi connectivity index (χ1n) is 8.11. The molecule has 1 aromatic carbocycles. The molecule has 0 aliphatic heterocycles. The van der Waals surface area contributed by atoms with Gasteiger partial charge in [-0.1, -0.05) is 5.21 Å². The number of rotatable bonds is 4. The monoisotopic (exact) mass is 346 g/mol. The van der Waals surface area contributed by atoms with E-state index in [2.05, 4.69) is 40.9 Å². The number of hydrogen-bond donors (Lipinski definition) is 2. The number of fused-ring (bicyclic) bond motifs is 2. The average Bonchev–Trinajstić information content (AvgIpc) is 3.40. The van der Waals surface area contributed by atoms with Crippen LogP contribution in [0.4, 0.5) is 11.6 Å². The third-order valence-corrected chi connectivity index (χ3v) is 4.07. The van der Waals surface area contributed by atoms with Gasteiger partial charge >= 0.3 is 0 Å². The van der Waals surface area contributed by atoms with Crippen LogP contribution in [0.2, 0.25) is 0 Å². The lowest BCUT2D eigenvalue weighted by molar-refractivity contribution is 0.660. The maximum Gasteiger partial charge on any atom is 0.229 e. The molecular formula is C16H14N10. The third-order valence-electron chi connectivity index (χ3n) is 4.07. The fraction of sp³-hybridized carbons (Fsp3) is 0.125. The minimum absolute atomic E-state index is 0.459. The number of H-pyrrole nitrogens is 1. The van der Waals surface area contributed by atoms with Crippen LogP contribution in [0.15, 0.2) is 43.0 Å². The summed E-state index contributed by atoms with van der Waals surface area (Å²) in [7, 11) is 0. The molecule has 5 rings (SSSR count). The van der Waals surface area contributed by atoms with Crippen molar-refractivity contribution >= 4 is 33.7 Å². The lowest BCUT2D eigenvalue weighted by atomic mass is 10.2. The van der Waals surface area contributed by atoms with Gasteiger partial charge in [0.05, 0.1) is 35.5 Å². The van der Waals surface area contributed by atoms with Crippen LogP contribution in [-0.2, 0) is 6.54 Å². The van der Waals surface area contributed by atoms with Gasteiger partial charge < -0.3 is 5.32 Å². The van der Waals surface area contributed by atoms with E-state index in [-0.39, 0.29) is 0 Å². The fourth-order valence-corrected chi connectivity index (χ4v) is 2.75. The SMILES string of the molecule is CCn1cc(Nc2ncc3nnn(-c4ccc5[nH]ncc5c4)c3n2)cn1. The molecule has 2 N–H and O–H groups in total. The van der Waals surface area contributed by atoms with Crippen LogP contribution in [0, 0.1) is 0 Å². The van der Waals surface area contributed by atoms with Crippen molar-refractivity contribution in [3.8, 4) is 5.69 Å². The summed E-state index contributed by atoms with van der Waals surface area (Å²) in [5.41, 5.74) is 3.87. The molecule has 0 atom stereocenters. The highest BCUT2D eigenvalue weighted by Gasteiger charge is 2.11. The maximum atomic E-state index is 4.56. The summed E-state index contributed by atoms with van der Waals surface area (Å²) in [5.74, 6) is 0.459. The smallest absolute Gasteiger partial charge is 0.229 e. The lowest BCUT2D eigenvalue weighted by Crippen LogP contribution is -2.01. The molecule has 0 unspecified atom stereocenters. The Balaban J connectivity index is 1.55. The van der Waals surface area contributed by atoms with Gasteiger partial charge in [-0.2, -0.15) is 19.9 Å². The van der Waals surface area contributed by atoms with E-state index < -0.39 is 0 Å². The fourth-order valence-electron chi connectivity index (χ4n) is 2.75. The van der Waals surface area contributed by atoms with Crippen LogP contribution in [0.5, 0.6) is 0 Å². The van der Waals surface area contributed by atoms with Gasteiger partial charge in [-0.15, -0.1) is 5.10 Å². The first kappa shape index (κ1) is 14.5. The molecule has 10 nitrogen and oxygen atoms in total. The second-order valence-electron chi connectivity index (χ2n) is 5.75. The quantitative estimate of drug-likeness (QED) is 0.511. The van der Waals surface area contributed by atoms with Crippen molar-refractivity contribution in [2.24, 2.45) is 0 Å². The first-order chi connectivity index (χ1) is 12.8. The lowest BCUT2D eigenvalue weighted by Gasteiger charge is -2.04. The zero-order valence-corrected chi connectivity index (χ0v) is 13.8. The standard InChI is InChI=1S/C16H14N10/c1-2-25-9-11(7-19-25)20-16-17-8-14-15(21-16)26(24-23-14)12-3-4-13-10(5-12)6-18-22-13/h3-9H,2H2,1H3,(H,18,22)(H,17,20,21). The predicted octanol–water partition coefficient (Wildman–Crippen LogP) is 2.05. The number of nitrogens with zero attached hydrogens (tertiary/aromatic N) is 8. The molecule has 0 bridgehead atoms. The Morgan fingerprint density at radius 3 is 3.04 bits per heavy atom. The Bertz CT molecular complexity index is 1210. The van der Waals surface area contributed by atoms with Crippen LogP contribution in [0.1, 0.15) is 6.92 Å². The molecule has 0 saturated carbocycles. The van der Waals surface area contributed by atoms with E-state index in [1.807, 2.05) is 36.0 Å². The van der Waals surface area contributed by atoms with Gasteiger partial charge in [0.15, 0.2) is 11.2 Å². The molecule has 0 spiro atoms. The number of benzene rings is 1. The molecule has 4 aromatic heterocycles. The number of aromatic nitrogens is 9. The maximum absolute atomic E-state index is 4.56. The summed E-state index contributed by atoms with van der Waals surface area (Å²) in [4.78, 5) is 8.86. The number of anilines is 2. The molecule has 128 valence electrons. The number of nitrogens with one attached hydrogen (secondary N) is 2. The van der Waals surface area contributed by atoms with E-state index >= 15 is 0 Å². The molecule has 26 heavy (non-hydrogen) atoms. The second-order valence-corrected chi connectivity index (χ2v) is 5.75. The first-order valence-corrected chi connectivity index (χ1v) is 8.11. The van der Waals surface area contributed by atoms with Crippen LogP contribution in [0.3, 0.4) is 0 Å². The van der Waals surface area contributed by atoms with Crippen molar-refractivity contribution in [2.75, 3.05) is 5.32 Å². The predicted molar refractivity (Wildman–Crippen MR) is 95.3 cm³/mol. The van der Waals surface area contributed by atoms with Crippen molar-refractivity contribution in [3.05, 3.63) is 43.0 Å². The van der Waals surface area contributed by atoms with Gasteiger partial charge in [-0.05, 0) is 25.1 Å². The summed E-state index contributed by atoms with van der Waals surface area (Å²) < 4.78 is 3.51. The summed E-state index contributed by atoms with van der Waals surface area (Å²) in [6.07, 6.45) is 7.05. The van der Waals surface area contributed by atoms with E-state index in [4.69, 9.17) is 0 Å². The van der Waals surface area contributed by atoms with Crippen molar-refractivity contribution in [1.29, 1.82) is 0 Å². The number of hydrogen-bond acceptors (Lipinski definition) is 7. The molecule has 0 fully saturated rings. The molecule has 0 radical (unpaired) electrons. The normalized spacial score (nSPS) is 11.4.